The lowest BCUT2D eigenvalue weighted by molar-refractivity contribution is -0.168. The highest BCUT2D eigenvalue weighted by atomic mass is 19.4. The van der Waals surface area contributed by atoms with Crippen LogP contribution < -0.4 is 0 Å². The average molecular weight is 239 g/mol. The van der Waals surface area contributed by atoms with Crippen LogP contribution in [0, 0.1) is 5.92 Å². The Morgan fingerprint density at radius 3 is 2.25 bits per heavy atom. The molecule has 92 valence electrons. The predicted molar refractivity (Wildman–Crippen MR) is 47.6 cm³/mol. The third kappa shape index (κ3) is 3.39. The number of nitrogens with zero attached hydrogens (tertiary/aromatic N) is 1. The fraction of sp³-hybridized carbons (Fsp3) is 0.778. The molecule has 0 spiro atoms. The van der Waals surface area contributed by atoms with E-state index >= 15 is 0 Å². The summed E-state index contributed by atoms with van der Waals surface area (Å²) in [6, 6.07) is -0.448. The van der Waals surface area contributed by atoms with Crippen molar-refractivity contribution in [3.63, 3.8) is 0 Å². The summed E-state index contributed by atoms with van der Waals surface area (Å²) in [6.07, 6.45) is -3.47. The van der Waals surface area contributed by atoms with Gasteiger partial charge in [-0.2, -0.15) is 13.2 Å². The number of alkyl halides is 3. The number of hydrogen-bond acceptors (Lipinski definition) is 2. The molecule has 0 aromatic carbocycles. The number of carboxylic acid groups (broad SMARTS) is 1. The van der Waals surface area contributed by atoms with E-state index in [-0.39, 0.29) is 0 Å². The molecule has 1 unspecified atom stereocenters. The second-order valence-corrected chi connectivity index (χ2v) is 3.87. The molecule has 0 aliphatic heterocycles. The number of halogens is 3. The van der Waals surface area contributed by atoms with Crippen LogP contribution in [0.1, 0.15) is 19.8 Å². The molecule has 0 radical (unpaired) electrons. The van der Waals surface area contributed by atoms with E-state index in [1.165, 1.54) is 0 Å². The molecule has 7 heteroatoms. The Labute approximate surface area is 90.0 Å². The second-order valence-electron chi connectivity index (χ2n) is 3.87. The summed E-state index contributed by atoms with van der Waals surface area (Å²) in [7, 11) is 0. The zero-order valence-corrected chi connectivity index (χ0v) is 8.62. The molecule has 1 amide bonds. The van der Waals surface area contributed by atoms with Crippen LogP contribution in [0.5, 0.6) is 0 Å². The highest BCUT2D eigenvalue weighted by molar-refractivity contribution is 5.96. The van der Waals surface area contributed by atoms with E-state index in [0.29, 0.717) is 17.7 Å². The molecule has 1 N–H and O–H groups in total. The zero-order valence-electron chi connectivity index (χ0n) is 8.62. The topological polar surface area (TPSA) is 57.6 Å². The van der Waals surface area contributed by atoms with Crippen molar-refractivity contribution < 1.29 is 27.9 Å². The summed E-state index contributed by atoms with van der Waals surface area (Å²) in [6.45, 7) is -0.273. The lowest BCUT2D eigenvalue weighted by Gasteiger charge is -2.25. The molecule has 0 heterocycles. The first-order valence-electron chi connectivity index (χ1n) is 4.82. The van der Waals surface area contributed by atoms with E-state index in [0.717, 1.165) is 6.92 Å². The summed E-state index contributed by atoms with van der Waals surface area (Å²) in [5.74, 6) is -3.80. The number of hydrogen-bond donors (Lipinski definition) is 1. The van der Waals surface area contributed by atoms with Gasteiger partial charge in [0.25, 0.3) is 0 Å². The quantitative estimate of drug-likeness (QED) is 0.751. The first-order valence-corrected chi connectivity index (χ1v) is 4.82. The van der Waals surface area contributed by atoms with Crippen molar-refractivity contribution >= 4 is 11.9 Å². The number of carbonyl (C=O) groups is 2. The maximum absolute atomic E-state index is 12.2. The number of carboxylic acids is 1. The third-order valence-corrected chi connectivity index (χ3v) is 2.36. The van der Waals surface area contributed by atoms with Crippen LogP contribution in [0.15, 0.2) is 0 Å². The normalized spacial score (nSPS) is 18.0. The van der Waals surface area contributed by atoms with Gasteiger partial charge < -0.3 is 10.0 Å². The van der Waals surface area contributed by atoms with Gasteiger partial charge in [-0.15, -0.1) is 0 Å². The van der Waals surface area contributed by atoms with Gasteiger partial charge in [0.05, 0.1) is 0 Å². The molecule has 1 rings (SSSR count). The molecule has 1 aliphatic carbocycles. The molecule has 16 heavy (non-hydrogen) atoms. The molecule has 0 bridgehead atoms. The van der Waals surface area contributed by atoms with Gasteiger partial charge in [-0.25, -0.2) is 0 Å². The number of aliphatic carboxylic acids is 1. The van der Waals surface area contributed by atoms with Gasteiger partial charge in [0.1, 0.15) is 12.5 Å². The summed E-state index contributed by atoms with van der Waals surface area (Å²) < 4.78 is 36.5. The smallest absolute Gasteiger partial charge is 0.406 e. The highest BCUT2D eigenvalue weighted by Crippen LogP contribution is 2.31. The Hall–Kier alpha value is -1.27. The summed E-state index contributed by atoms with van der Waals surface area (Å²) >= 11 is 0. The minimum Gasteiger partial charge on any atom is -0.481 e. The fourth-order valence-electron chi connectivity index (χ4n) is 1.32. The maximum Gasteiger partial charge on any atom is 0.406 e. The molecule has 1 saturated carbocycles. The van der Waals surface area contributed by atoms with Crippen molar-refractivity contribution in [3.05, 3.63) is 0 Å². The van der Waals surface area contributed by atoms with E-state index in [1.54, 1.807) is 0 Å². The summed E-state index contributed by atoms with van der Waals surface area (Å²) in [5, 5.41) is 8.57. The summed E-state index contributed by atoms with van der Waals surface area (Å²) in [4.78, 5) is 22.6. The van der Waals surface area contributed by atoms with Crippen LogP contribution in [0.4, 0.5) is 13.2 Å². The molecular formula is C9H12F3NO3. The number of carbonyl (C=O) groups excluding carboxylic acids is 1. The van der Waals surface area contributed by atoms with Crippen molar-refractivity contribution in [2.45, 2.75) is 32.0 Å². The van der Waals surface area contributed by atoms with Gasteiger partial charge in [-0.3, -0.25) is 9.59 Å². The Morgan fingerprint density at radius 1 is 1.44 bits per heavy atom. The van der Waals surface area contributed by atoms with E-state index < -0.39 is 36.6 Å². The van der Waals surface area contributed by atoms with Crippen LogP contribution >= 0.6 is 0 Å². The molecule has 1 aliphatic rings. The predicted octanol–water partition coefficient (Wildman–Crippen LogP) is 1.26. The van der Waals surface area contributed by atoms with Gasteiger partial charge in [0.2, 0.25) is 5.91 Å². The fourth-order valence-corrected chi connectivity index (χ4v) is 1.32. The van der Waals surface area contributed by atoms with Crippen LogP contribution in [-0.4, -0.2) is 40.6 Å². The molecule has 1 fully saturated rings. The van der Waals surface area contributed by atoms with Crippen molar-refractivity contribution in [2.75, 3.05) is 6.54 Å². The van der Waals surface area contributed by atoms with E-state index in [9.17, 15) is 22.8 Å². The van der Waals surface area contributed by atoms with Crippen molar-refractivity contribution in [1.82, 2.24) is 4.90 Å². The lowest BCUT2D eigenvalue weighted by atomic mass is 10.1. The zero-order chi connectivity index (χ0) is 12.5. The Kier molecular flexibility index (Phi) is 3.44. The Morgan fingerprint density at radius 2 is 1.94 bits per heavy atom. The van der Waals surface area contributed by atoms with E-state index in [4.69, 9.17) is 5.11 Å². The van der Waals surface area contributed by atoms with Crippen LogP contribution in [0.3, 0.4) is 0 Å². The van der Waals surface area contributed by atoms with Crippen molar-refractivity contribution in [1.29, 1.82) is 0 Å². The van der Waals surface area contributed by atoms with Crippen LogP contribution in [0.25, 0.3) is 0 Å². The first kappa shape index (κ1) is 12.8. The Bertz CT molecular complexity index is 299. The first-order chi connectivity index (χ1) is 7.22. The van der Waals surface area contributed by atoms with Crippen LogP contribution in [-0.2, 0) is 9.59 Å². The van der Waals surface area contributed by atoms with E-state index in [1.807, 2.05) is 0 Å². The molecule has 0 aromatic heterocycles. The van der Waals surface area contributed by atoms with E-state index in [2.05, 4.69) is 0 Å². The standard InChI is InChI=1S/C9H12F3NO3/c1-5(8(15)16)7(14)13(6-2-3-6)4-9(10,11)12/h5-6H,2-4H2,1H3,(H,15,16). The molecule has 1 atom stereocenters. The van der Waals surface area contributed by atoms with Gasteiger partial charge in [-0.1, -0.05) is 0 Å². The maximum atomic E-state index is 12.2. The monoisotopic (exact) mass is 239 g/mol. The molecule has 4 nitrogen and oxygen atoms in total. The van der Waals surface area contributed by atoms with Crippen LogP contribution in [0.2, 0.25) is 0 Å². The minimum absolute atomic E-state index is 0.448. The molecule has 0 saturated heterocycles. The number of rotatable bonds is 4. The average Bonchev–Trinajstić information content (AvgIpc) is 2.93. The SMILES string of the molecule is CC(C(=O)O)C(=O)N(CC(F)(F)F)C1CC1. The Balaban J connectivity index is 2.70. The lowest BCUT2D eigenvalue weighted by Crippen LogP contribution is -2.44. The van der Waals surface area contributed by atoms with Gasteiger partial charge in [0, 0.05) is 6.04 Å². The third-order valence-electron chi connectivity index (χ3n) is 2.36. The minimum atomic E-state index is -4.49. The molecular weight excluding hydrogens is 227 g/mol. The van der Waals surface area contributed by atoms with Gasteiger partial charge in [0.15, 0.2) is 0 Å². The number of amides is 1. The van der Waals surface area contributed by atoms with Gasteiger partial charge >= 0.3 is 12.1 Å². The molecule has 0 aromatic rings. The second kappa shape index (κ2) is 4.31. The largest absolute Gasteiger partial charge is 0.481 e. The van der Waals surface area contributed by atoms with Crippen molar-refractivity contribution in [3.8, 4) is 0 Å². The summed E-state index contributed by atoms with van der Waals surface area (Å²) in [5.41, 5.74) is 0. The van der Waals surface area contributed by atoms with Crippen molar-refractivity contribution in [2.24, 2.45) is 5.92 Å². The highest BCUT2D eigenvalue weighted by Gasteiger charge is 2.42. The van der Waals surface area contributed by atoms with Gasteiger partial charge in [-0.05, 0) is 19.8 Å².